The zero-order valence-corrected chi connectivity index (χ0v) is 10.2. The number of nitrogens with one attached hydrogen (secondary N) is 1. The van der Waals surface area contributed by atoms with Crippen LogP contribution in [0.1, 0.15) is 5.89 Å². The maximum absolute atomic E-state index is 12.7. The van der Waals surface area contributed by atoms with Crippen molar-refractivity contribution in [2.45, 2.75) is 6.54 Å². The van der Waals surface area contributed by atoms with Gasteiger partial charge in [-0.1, -0.05) is 5.16 Å². The number of benzene rings is 1. The lowest BCUT2D eigenvalue weighted by Gasteiger charge is -1.95. The average molecular weight is 271 g/mol. The van der Waals surface area contributed by atoms with Gasteiger partial charge in [-0.05, 0) is 24.3 Å². The van der Waals surface area contributed by atoms with Gasteiger partial charge in [0.25, 0.3) is 0 Å². The normalized spacial score (nSPS) is 11.7. The Morgan fingerprint density at radius 1 is 1.33 bits per heavy atom. The molecule has 8 heteroatoms. The fourth-order valence-corrected chi connectivity index (χ4v) is 1.62. The predicted molar refractivity (Wildman–Crippen MR) is 61.4 cm³/mol. The van der Waals surface area contributed by atoms with Gasteiger partial charge in [-0.25, -0.2) is 17.5 Å². The van der Waals surface area contributed by atoms with Gasteiger partial charge >= 0.3 is 0 Å². The van der Waals surface area contributed by atoms with E-state index in [2.05, 4.69) is 14.9 Å². The van der Waals surface area contributed by atoms with Crippen LogP contribution in [0.15, 0.2) is 28.8 Å². The van der Waals surface area contributed by atoms with Crippen molar-refractivity contribution in [3.05, 3.63) is 36.0 Å². The number of sulfonamides is 1. The molecule has 0 radical (unpaired) electrons. The van der Waals surface area contributed by atoms with E-state index in [4.69, 9.17) is 4.52 Å². The lowest BCUT2D eigenvalue weighted by molar-refractivity contribution is 0.376. The Balaban J connectivity index is 2.13. The first-order valence-corrected chi connectivity index (χ1v) is 6.86. The molecule has 0 aliphatic carbocycles. The molecule has 6 nitrogen and oxygen atoms in total. The van der Waals surface area contributed by atoms with E-state index < -0.39 is 10.0 Å². The summed E-state index contributed by atoms with van der Waals surface area (Å²) in [7, 11) is -3.31. The zero-order valence-electron chi connectivity index (χ0n) is 9.42. The van der Waals surface area contributed by atoms with Gasteiger partial charge in [-0.15, -0.1) is 0 Å². The maximum atomic E-state index is 12.7. The first-order chi connectivity index (χ1) is 8.44. The molecule has 1 N–H and O–H groups in total. The van der Waals surface area contributed by atoms with E-state index in [1.54, 1.807) is 0 Å². The summed E-state index contributed by atoms with van der Waals surface area (Å²) >= 11 is 0. The van der Waals surface area contributed by atoms with Crippen LogP contribution >= 0.6 is 0 Å². The summed E-state index contributed by atoms with van der Waals surface area (Å²) in [6.07, 6.45) is 1.03. The van der Waals surface area contributed by atoms with Gasteiger partial charge in [0.15, 0.2) is 0 Å². The zero-order chi connectivity index (χ0) is 13.2. The standard InChI is InChI=1S/C10H10FN3O3S/c1-18(15,16)12-6-9-13-10(14-17-9)7-2-4-8(11)5-3-7/h2-5,12H,6H2,1H3. The van der Waals surface area contributed by atoms with Gasteiger partial charge in [0, 0.05) is 5.56 Å². The highest BCUT2D eigenvalue weighted by atomic mass is 32.2. The molecule has 0 aliphatic rings. The third-order valence-electron chi connectivity index (χ3n) is 2.06. The topological polar surface area (TPSA) is 85.1 Å². The third kappa shape index (κ3) is 3.34. The highest BCUT2D eigenvalue weighted by Gasteiger charge is 2.10. The molecule has 0 bridgehead atoms. The highest BCUT2D eigenvalue weighted by Crippen LogP contribution is 2.15. The molecule has 2 aromatic rings. The van der Waals surface area contributed by atoms with Crippen molar-refractivity contribution >= 4 is 10.0 Å². The molecule has 0 aliphatic heterocycles. The van der Waals surface area contributed by atoms with Gasteiger partial charge in [-0.3, -0.25) is 0 Å². The minimum atomic E-state index is -3.31. The Bertz CT molecular complexity index is 637. The van der Waals surface area contributed by atoms with Gasteiger partial charge in [0.05, 0.1) is 12.8 Å². The summed E-state index contributed by atoms with van der Waals surface area (Å²) in [5, 5.41) is 3.67. The molecule has 0 spiro atoms. The van der Waals surface area contributed by atoms with Crippen LogP contribution in [-0.4, -0.2) is 24.8 Å². The van der Waals surface area contributed by atoms with Gasteiger partial charge in [0.1, 0.15) is 5.82 Å². The summed E-state index contributed by atoms with van der Waals surface area (Å²) in [4.78, 5) is 3.99. The Morgan fingerprint density at radius 3 is 2.61 bits per heavy atom. The van der Waals surface area contributed by atoms with Crippen LogP contribution in [0.25, 0.3) is 11.4 Å². The Hall–Kier alpha value is -1.80. The molecule has 0 fully saturated rings. The first-order valence-electron chi connectivity index (χ1n) is 4.97. The van der Waals surface area contributed by atoms with Crippen LogP contribution < -0.4 is 4.72 Å². The molecular formula is C10H10FN3O3S. The quantitative estimate of drug-likeness (QED) is 0.894. The molecule has 1 aromatic heterocycles. The minimum absolute atomic E-state index is 0.0764. The first kappa shape index (κ1) is 12.7. The summed E-state index contributed by atoms with van der Waals surface area (Å²) in [6.45, 7) is -0.0764. The molecule has 0 atom stereocenters. The van der Waals surface area contributed by atoms with Crippen LogP contribution in [0.4, 0.5) is 4.39 Å². The van der Waals surface area contributed by atoms with Crippen LogP contribution in [0.5, 0.6) is 0 Å². The van der Waals surface area contributed by atoms with E-state index in [1.165, 1.54) is 24.3 Å². The largest absolute Gasteiger partial charge is 0.338 e. The number of aromatic nitrogens is 2. The molecular weight excluding hydrogens is 261 g/mol. The van der Waals surface area contributed by atoms with Crippen molar-refractivity contribution in [3.8, 4) is 11.4 Å². The second kappa shape index (κ2) is 4.83. The minimum Gasteiger partial charge on any atom is -0.338 e. The van der Waals surface area contributed by atoms with E-state index in [-0.39, 0.29) is 24.1 Å². The molecule has 18 heavy (non-hydrogen) atoms. The van der Waals surface area contributed by atoms with E-state index >= 15 is 0 Å². The fraction of sp³-hybridized carbons (Fsp3) is 0.200. The second-order valence-electron chi connectivity index (χ2n) is 3.61. The van der Waals surface area contributed by atoms with Crippen LogP contribution in [0.2, 0.25) is 0 Å². The average Bonchev–Trinajstić information content (AvgIpc) is 2.75. The SMILES string of the molecule is CS(=O)(=O)NCc1nc(-c2ccc(F)cc2)no1. The summed E-state index contributed by atoms with van der Waals surface area (Å²) in [5.74, 6) is 0.0567. The molecule has 1 aromatic carbocycles. The van der Waals surface area contributed by atoms with Crippen LogP contribution in [-0.2, 0) is 16.6 Å². The van der Waals surface area contributed by atoms with E-state index in [1.807, 2.05) is 0 Å². The number of nitrogens with zero attached hydrogens (tertiary/aromatic N) is 2. The third-order valence-corrected chi connectivity index (χ3v) is 2.72. The highest BCUT2D eigenvalue weighted by molar-refractivity contribution is 7.88. The second-order valence-corrected chi connectivity index (χ2v) is 5.44. The maximum Gasteiger partial charge on any atom is 0.242 e. The summed E-state index contributed by atoms with van der Waals surface area (Å²) in [6, 6.07) is 5.57. The predicted octanol–water partition coefficient (Wildman–Crippen LogP) is 0.925. The van der Waals surface area contributed by atoms with Crippen molar-refractivity contribution in [2.75, 3.05) is 6.26 Å². The van der Waals surface area contributed by atoms with E-state index in [0.717, 1.165) is 6.26 Å². The number of hydrogen-bond acceptors (Lipinski definition) is 5. The van der Waals surface area contributed by atoms with E-state index in [9.17, 15) is 12.8 Å². The summed E-state index contributed by atoms with van der Waals surface area (Å²) < 4.78 is 41.6. The Labute approximate surface area is 103 Å². The Kier molecular flexibility index (Phi) is 3.39. The van der Waals surface area contributed by atoms with Crippen molar-refractivity contribution < 1.29 is 17.3 Å². The van der Waals surface area contributed by atoms with Crippen molar-refractivity contribution in [1.82, 2.24) is 14.9 Å². The monoisotopic (exact) mass is 271 g/mol. The number of rotatable bonds is 4. The molecule has 2 rings (SSSR count). The smallest absolute Gasteiger partial charge is 0.242 e. The van der Waals surface area contributed by atoms with Gasteiger partial charge in [0.2, 0.25) is 21.7 Å². The molecule has 0 saturated heterocycles. The lowest BCUT2D eigenvalue weighted by atomic mass is 10.2. The fourth-order valence-electron chi connectivity index (χ4n) is 1.24. The van der Waals surface area contributed by atoms with Crippen molar-refractivity contribution in [1.29, 1.82) is 0 Å². The van der Waals surface area contributed by atoms with Gasteiger partial charge in [-0.2, -0.15) is 4.98 Å². The van der Waals surface area contributed by atoms with E-state index in [0.29, 0.717) is 5.56 Å². The summed E-state index contributed by atoms with van der Waals surface area (Å²) in [5.41, 5.74) is 0.589. The number of halogens is 1. The van der Waals surface area contributed by atoms with Gasteiger partial charge < -0.3 is 4.52 Å². The molecule has 0 unspecified atom stereocenters. The molecule has 0 saturated carbocycles. The molecule has 1 heterocycles. The van der Waals surface area contributed by atoms with Crippen LogP contribution in [0.3, 0.4) is 0 Å². The van der Waals surface area contributed by atoms with Crippen LogP contribution in [0, 0.1) is 5.82 Å². The Morgan fingerprint density at radius 2 is 2.00 bits per heavy atom. The number of hydrogen-bond donors (Lipinski definition) is 1. The van der Waals surface area contributed by atoms with Crippen molar-refractivity contribution in [3.63, 3.8) is 0 Å². The molecule has 96 valence electrons. The lowest BCUT2D eigenvalue weighted by Crippen LogP contribution is -2.21. The molecule has 0 amide bonds. The van der Waals surface area contributed by atoms with Crippen molar-refractivity contribution in [2.24, 2.45) is 0 Å².